The Kier molecular flexibility index (Phi) is 4.18. The molecule has 0 bridgehead atoms. The minimum atomic E-state index is 0.0999. The van der Waals surface area contributed by atoms with Crippen molar-refractivity contribution in [2.24, 2.45) is 7.05 Å². The molecule has 6 heteroatoms. The van der Waals surface area contributed by atoms with Crippen molar-refractivity contribution in [3.05, 3.63) is 39.1 Å². The summed E-state index contributed by atoms with van der Waals surface area (Å²) in [5, 5.41) is 3.03. The fraction of sp³-hybridized carbons (Fsp3) is 0.556. The van der Waals surface area contributed by atoms with Gasteiger partial charge < -0.3 is 9.88 Å². The number of nitrogens with zero attached hydrogens (tertiary/aromatic N) is 3. The lowest BCUT2D eigenvalue weighted by Crippen LogP contribution is -2.39. The van der Waals surface area contributed by atoms with Gasteiger partial charge in [0.2, 0.25) is 5.91 Å². The van der Waals surface area contributed by atoms with Crippen LogP contribution in [0.4, 0.5) is 0 Å². The van der Waals surface area contributed by atoms with Gasteiger partial charge in [0.1, 0.15) is 5.82 Å². The Morgan fingerprint density at radius 3 is 2.96 bits per heavy atom. The Balaban J connectivity index is 1.33. The summed E-state index contributed by atoms with van der Waals surface area (Å²) in [6.07, 6.45) is 3.54. The molecule has 128 valence electrons. The molecule has 0 saturated heterocycles. The molecule has 24 heavy (non-hydrogen) atoms. The zero-order valence-corrected chi connectivity index (χ0v) is 15.2. The number of fused-ring (bicyclic) bond motifs is 1. The second kappa shape index (κ2) is 6.33. The number of amides is 1. The van der Waals surface area contributed by atoms with Crippen LogP contribution in [-0.2, 0) is 31.4 Å². The van der Waals surface area contributed by atoms with E-state index in [-0.39, 0.29) is 5.91 Å². The molecule has 2 aromatic heterocycles. The van der Waals surface area contributed by atoms with Crippen LogP contribution in [0.1, 0.15) is 45.7 Å². The molecule has 0 radical (unpaired) electrons. The smallest absolute Gasteiger partial charge is 0.234 e. The van der Waals surface area contributed by atoms with E-state index in [4.69, 9.17) is 4.98 Å². The first-order chi connectivity index (χ1) is 11.6. The molecule has 0 atom stereocenters. The molecule has 1 saturated carbocycles. The first-order valence-electron chi connectivity index (χ1n) is 8.69. The number of nitrogens with one attached hydrogen (secondary N) is 1. The van der Waals surface area contributed by atoms with Gasteiger partial charge in [-0.25, -0.2) is 4.98 Å². The number of thiophene rings is 1. The summed E-state index contributed by atoms with van der Waals surface area (Å²) in [5.41, 5.74) is 2.54. The predicted molar refractivity (Wildman–Crippen MR) is 95.1 cm³/mol. The van der Waals surface area contributed by atoms with Crippen LogP contribution in [0.2, 0.25) is 0 Å². The van der Waals surface area contributed by atoms with Crippen molar-refractivity contribution in [1.82, 2.24) is 19.8 Å². The number of imidazole rings is 1. The Morgan fingerprint density at radius 2 is 2.25 bits per heavy atom. The first-order valence-corrected chi connectivity index (χ1v) is 9.50. The minimum absolute atomic E-state index is 0.0999. The highest BCUT2D eigenvalue weighted by molar-refractivity contribution is 7.11. The fourth-order valence-electron chi connectivity index (χ4n) is 3.47. The van der Waals surface area contributed by atoms with Gasteiger partial charge in [0, 0.05) is 47.9 Å². The third-order valence-electron chi connectivity index (χ3n) is 4.93. The topological polar surface area (TPSA) is 50.2 Å². The lowest BCUT2D eigenvalue weighted by molar-refractivity contribution is -0.122. The van der Waals surface area contributed by atoms with E-state index in [0.29, 0.717) is 19.0 Å². The van der Waals surface area contributed by atoms with E-state index in [0.717, 1.165) is 19.5 Å². The molecular weight excluding hydrogens is 320 g/mol. The molecule has 1 aliphatic carbocycles. The Bertz CT molecular complexity index is 759. The summed E-state index contributed by atoms with van der Waals surface area (Å²) in [6.45, 7) is 4.90. The Labute approximate surface area is 146 Å². The standard InChI is InChI=1S/C18H24N4OS/c1-12-3-6-14(24-12)9-19-17(23)11-22-8-7-16-15(10-22)20-18(21(16)2)13-4-5-13/h3,6,13H,4-5,7-11H2,1-2H3,(H,19,23). The Morgan fingerprint density at radius 1 is 1.42 bits per heavy atom. The number of carbonyl (C=O) groups excluding carboxylic acids is 1. The molecule has 0 spiro atoms. The molecule has 2 aromatic rings. The van der Waals surface area contributed by atoms with Gasteiger partial charge in [0.05, 0.1) is 18.8 Å². The monoisotopic (exact) mass is 344 g/mol. The van der Waals surface area contributed by atoms with Gasteiger partial charge in [-0.05, 0) is 31.9 Å². The van der Waals surface area contributed by atoms with E-state index in [1.165, 1.54) is 39.8 Å². The number of carbonyl (C=O) groups is 1. The highest BCUT2D eigenvalue weighted by Crippen LogP contribution is 2.40. The normalized spacial score (nSPS) is 17.8. The van der Waals surface area contributed by atoms with Gasteiger partial charge in [-0.2, -0.15) is 0 Å². The maximum absolute atomic E-state index is 12.2. The second-order valence-electron chi connectivity index (χ2n) is 6.95. The van der Waals surface area contributed by atoms with E-state index in [1.54, 1.807) is 11.3 Å². The van der Waals surface area contributed by atoms with Crippen LogP contribution in [0.15, 0.2) is 12.1 Å². The molecule has 3 heterocycles. The SMILES string of the molecule is Cc1ccc(CNC(=O)CN2CCc3c(nc(C4CC4)n3C)C2)s1. The number of hydrogen-bond donors (Lipinski definition) is 1. The van der Waals surface area contributed by atoms with E-state index in [1.807, 2.05) is 0 Å². The Hall–Kier alpha value is -1.66. The lowest BCUT2D eigenvalue weighted by Gasteiger charge is -2.25. The van der Waals surface area contributed by atoms with Crippen LogP contribution in [-0.4, -0.2) is 33.4 Å². The van der Waals surface area contributed by atoms with Crippen LogP contribution in [0.5, 0.6) is 0 Å². The first kappa shape index (κ1) is 15.8. The number of aryl methyl sites for hydroxylation is 1. The molecule has 1 fully saturated rings. The third kappa shape index (κ3) is 3.26. The molecule has 0 unspecified atom stereocenters. The number of hydrogen-bond acceptors (Lipinski definition) is 4. The summed E-state index contributed by atoms with van der Waals surface area (Å²) < 4.78 is 2.30. The van der Waals surface area contributed by atoms with Gasteiger partial charge in [-0.1, -0.05) is 0 Å². The largest absolute Gasteiger partial charge is 0.350 e. The summed E-state index contributed by atoms with van der Waals surface area (Å²) in [5.74, 6) is 2.02. The highest BCUT2D eigenvalue weighted by atomic mass is 32.1. The summed E-state index contributed by atoms with van der Waals surface area (Å²) in [4.78, 5) is 21.8. The van der Waals surface area contributed by atoms with E-state index in [9.17, 15) is 4.79 Å². The molecule has 1 N–H and O–H groups in total. The fourth-order valence-corrected chi connectivity index (χ4v) is 4.30. The van der Waals surface area contributed by atoms with E-state index < -0.39 is 0 Å². The maximum atomic E-state index is 12.2. The minimum Gasteiger partial charge on any atom is -0.350 e. The summed E-state index contributed by atoms with van der Waals surface area (Å²) in [6, 6.07) is 4.18. The van der Waals surface area contributed by atoms with Crippen molar-refractivity contribution in [2.45, 2.75) is 45.2 Å². The summed E-state index contributed by atoms with van der Waals surface area (Å²) in [7, 11) is 2.14. The molecule has 1 aliphatic heterocycles. The quantitative estimate of drug-likeness (QED) is 0.906. The maximum Gasteiger partial charge on any atom is 0.234 e. The van der Waals surface area contributed by atoms with Crippen molar-refractivity contribution in [3.63, 3.8) is 0 Å². The van der Waals surface area contributed by atoms with Crippen molar-refractivity contribution in [1.29, 1.82) is 0 Å². The van der Waals surface area contributed by atoms with Crippen LogP contribution >= 0.6 is 11.3 Å². The van der Waals surface area contributed by atoms with E-state index in [2.05, 4.69) is 40.9 Å². The van der Waals surface area contributed by atoms with Crippen LogP contribution in [0.3, 0.4) is 0 Å². The van der Waals surface area contributed by atoms with Crippen molar-refractivity contribution in [2.75, 3.05) is 13.1 Å². The van der Waals surface area contributed by atoms with Crippen LogP contribution in [0.25, 0.3) is 0 Å². The second-order valence-corrected chi connectivity index (χ2v) is 8.32. The molecule has 1 amide bonds. The van der Waals surface area contributed by atoms with Gasteiger partial charge in [0.15, 0.2) is 0 Å². The molecule has 5 nitrogen and oxygen atoms in total. The van der Waals surface area contributed by atoms with Crippen molar-refractivity contribution >= 4 is 17.2 Å². The van der Waals surface area contributed by atoms with Crippen LogP contribution in [0, 0.1) is 6.92 Å². The van der Waals surface area contributed by atoms with Crippen molar-refractivity contribution in [3.8, 4) is 0 Å². The average Bonchev–Trinajstić information content (AvgIpc) is 3.24. The average molecular weight is 344 g/mol. The predicted octanol–water partition coefficient (Wildman–Crippen LogP) is 2.34. The lowest BCUT2D eigenvalue weighted by atomic mass is 10.1. The summed E-state index contributed by atoms with van der Waals surface area (Å²) >= 11 is 1.74. The number of rotatable bonds is 5. The molecular formula is C18H24N4OS. The molecule has 4 rings (SSSR count). The van der Waals surface area contributed by atoms with Gasteiger partial charge in [-0.15, -0.1) is 11.3 Å². The molecule has 0 aromatic carbocycles. The zero-order chi connectivity index (χ0) is 16.7. The van der Waals surface area contributed by atoms with Gasteiger partial charge >= 0.3 is 0 Å². The van der Waals surface area contributed by atoms with Gasteiger partial charge in [0.25, 0.3) is 0 Å². The van der Waals surface area contributed by atoms with Crippen LogP contribution < -0.4 is 5.32 Å². The van der Waals surface area contributed by atoms with Gasteiger partial charge in [-0.3, -0.25) is 9.69 Å². The van der Waals surface area contributed by atoms with E-state index >= 15 is 0 Å². The van der Waals surface area contributed by atoms with Crippen molar-refractivity contribution < 1.29 is 4.79 Å². The highest BCUT2D eigenvalue weighted by Gasteiger charge is 2.31. The third-order valence-corrected chi connectivity index (χ3v) is 5.94. The number of aromatic nitrogens is 2. The molecule has 2 aliphatic rings. The zero-order valence-electron chi connectivity index (χ0n) is 14.3.